The lowest BCUT2D eigenvalue weighted by molar-refractivity contribution is 0.714. The van der Waals surface area contributed by atoms with Gasteiger partial charge in [0.25, 0.3) is 0 Å². The van der Waals surface area contributed by atoms with Gasteiger partial charge >= 0.3 is 0 Å². The fourth-order valence-electron chi connectivity index (χ4n) is 2.32. The van der Waals surface area contributed by atoms with Gasteiger partial charge in [-0.3, -0.25) is 0 Å². The Bertz CT molecular complexity index is 726. The van der Waals surface area contributed by atoms with Crippen molar-refractivity contribution in [2.45, 2.75) is 25.5 Å². The van der Waals surface area contributed by atoms with Gasteiger partial charge < -0.3 is 9.55 Å². The molecule has 98 valence electrons. The largest absolute Gasteiger partial charge is 0.346 e. The summed E-state index contributed by atoms with van der Waals surface area (Å²) in [7, 11) is 0. The molecule has 5 heteroatoms. The van der Waals surface area contributed by atoms with Crippen LogP contribution in [0.25, 0.3) is 11.0 Å². The van der Waals surface area contributed by atoms with Crippen LogP contribution >= 0.6 is 11.8 Å². The number of para-hydroxylation sites is 2. The van der Waals surface area contributed by atoms with Crippen molar-refractivity contribution in [2.24, 2.45) is 0 Å². The topological polar surface area (TPSA) is 46.5 Å². The first-order chi connectivity index (χ1) is 9.19. The maximum atomic E-state index is 4.65. The molecule has 2 heterocycles. The molecule has 2 aromatic heterocycles. The lowest BCUT2D eigenvalue weighted by Gasteiger charge is -2.06. The van der Waals surface area contributed by atoms with Crippen LogP contribution in [0.4, 0.5) is 0 Å². The first kappa shape index (κ1) is 12.3. The Labute approximate surface area is 116 Å². The fraction of sp³-hybridized carbons (Fsp3) is 0.286. The van der Waals surface area contributed by atoms with Crippen LogP contribution in [-0.4, -0.2) is 25.8 Å². The van der Waals surface area contributed by atoms with Crippen molar-refractivity contribution >= 4 is 22.8 Å². The number of benzene rings is 1. The first-order valence-electron chi connectivity index (χ1n) is 6.20. The molecule has 19 heavy (non-hydrogen) atoms. The number of imidazole rings is 2. The number of aromatic amines is 1. The zero-order valence-corrected chi connectivity index (χ0v) is 12.1. The summed E-state index contributed by atoms with van der Waals surface area (Å²) in [6.07, 6.45) is 2.06. The number of hydrogen-bond acceptors (Lipinski definition) is 3. The van der Waals surface area contributed by atoms with E-state index in [0.29, 0.717) is 0 Å². The summed E-state index contributed by atoms with van der Waals surface area (Å²) in [4.78, 5) is 12.5. The van der Waals surface area contributed by atoms with E-state index in [1.165, 1.54) is 0 Å². The molecule has 0 saturated heterocycles. The fourth-order valence-corrected chi connectivity index (χ4v) is 2.90. The van der Waals surface area contributed by atoms with Crippen molar-refractivity contribution < 1.29 is 0 Å². The third-order valence-electron chi connectivity index (χ3n) is 3.21. The monoisotopic (exact) mass is 272 g/mol. The van der Waals surface area contributed by atoms with Crippen molar-refractivity contribution in [2.75, 3.05) is 6.26 Å². The molecular weight excluding hydrogens is 256 g/mol. The minimum Gasteiger partial charge on any atom is -0.346 e. The first-order valence-corrected chi connectivity index (χ1v) is 7.43. The van der Waals surface area contributed by atoms with Crippen molar-refractivity contribution in [3.63, 3.8) is 0 Å². The highest BCUT2D eigenvalue weighted by atomic mass is 32.2. The van der Waals surface area contributed by atoms with E-state index in [-0.39, 0.29) is 0 Å². The van der Waals surface area contributed by atoms with E-state index >= 15 is 0 Å². The molecule has 0 spiro atoms. The molecule has 0 aliphatic heterocycles. The van der Waals surface area contributed by atoms with E-state index in [2.05, 4.69) is 38.8 Å². The van der Waals surface area contributed by atoms with Gasteiger partial charge in [0.05, 0.1) is 23.3 Å². The van der Waals surface area contributed by atoms with Crippen LogP contribution in [-0.2, 0) is 6.54 Å². The summed E-state index contributed by atoms with van der Waals surface area (Å²) < 4.78 is 2.22. The number of nitrogens with zero attached hydrogens (tertiary/aromatic N) is 3. The van der Waals surface area contributed by atoms with Gasteiger partial charge in [-0.05, 0) is 32.2 Å². The van der Waals surface area contributed by atoms with Crippen LogP contribution in [0.5, 0.6) is 0 Å². The van der Waals surface area contributed by atoms with E-state index in [9.17, 15) is 0 Å². The molecule has 4 nitrogen and oxygen atoms in total. The number of thioether (sulfide) groups is 1. The minimum absolute atomic E-state index is 0.757. The Balaban J connectivity index is 2.11. The van der Waals surface area contributed by atoms with Gasteiger partial charge in [-0.1, -0.05) is 23.9 Å². The summed E-state index contributed by atoms with van der Waals surface area (Å²) in [5.41, 5.74) is 4.40. The number of hydrogen-bond donors (Lipinski definition) is 1. The summed E-state index contributed by atoms with van der Waals surface area (Å²) in [5.74, 6) is 0.961. The van der Waals surface area contributed by atoms with Crippen molar-refractivity contribution in [3.8, 4) is 0 Å². The third-order valence-corrected chi connectivity index (χ3v) is 3.89. The Morgan fingerprint density at radius 3 is 2.68 bits per heavy atom. The minimum atomic E-state index is 0.757. The van der Waals surface area contributed by atoms with Gasteiger partial charge in [-0.25, -0.2) is 9.97 Å². The van der Waals surface area contributed by atoms with Crippen molar-refractivity contribution in [1.82, 2.24) is 19.5 Å². The molecule has 3 aromatic rings. The maximum Gasteiger partial charge on any atom is 0.169 e. The molecule has 3 rings (SSSR count). The lowest BCUT2D eigenvalue weighted by Crippen LogP contribution is -2.03. The second kappa shape index (κ2) is 4.74. The van der Waals surface area contributed by atoms with E-state index < -0.39 is 0 Å². The van der Waals surface area contributed by atoms with Crippen LogP contribution in [0.3, 0.4) is 0 Å². The summed E-state index contributed by atoms with van der Waals surface area (Å²) in [5, 5.41) is 1.03. The van der Waals surface area contributed by atoms with E-state index in [1.54, 1.807) is 11.8 Å². The molecule has 0 aliphatic rings. The summed E-state index contributed by atoms with van der Waals surface area (Å²) in [6, 6.07) is 8.23. The van der Waals surface area contributed by atoms with Crippen molar-refractivity contribution in [1.29, 1.82) is 0 Å². The van der Waals surface area contributed by atoms with E-state index in [1.807, 2.05) is 25.1 Å². The quantitative estimate of drug-likeness (QED) is 0.745. The molecule has 0 bridgehead atoms. The van der Waals surface area contributed by atoms with Crippen molar-refractivity contribution in [3.05, 3.63) is 41.5 Å². The number of rotatable bonds is 3. The zero-order chi connectivity index (χ0) is 13.4. The van der Waals surface area contributed by atoms with Crippen LogP contribution < -0.4 is 0 Å². The molecule has 0 unspecified atom stereocenters. The Morgan fingerprint density at radius 1 is 1.21 bits per heavy atom. The van der Waals surface area contributed by atoms with Crippen LogP contribution in [0.2, 0.25) is 0 Å². The standard InChI is InChI=1S/C14H16N4S/c1-9-12(16-10(2)15-9)8-18-13-7-5-4-6-11(13)17-14(18)19-3/h4-7H,8H2,1-3H3,(H,15,16). The molecule has 0 saturated carbocycles. The predicted octanol–water partition coefficient (Wildman–Crippen LogP) is 3.15. The number of aryl methyl sites for hydroxylation is 2. The average molecular weight is 272 g/mol. The van der Waals surface area contributed by atoms with Gasteiger partial charge in [0, 0.05) is 5.69 Å². The van der Waals surface area contributed by atoms with Gasteiger partial charge in [0.2, 0.25) is 0 Å². The summed E-state index contributed by atoms with van der Waals surface area (Å²) >= 11 is 1.67. The van der Waals surface area contributed by atoms with Gasteiger partial charge in [-0.15, -0.1) is 0 Å². The number of fused-ring (bicyclic) bond motifs is 1. The highest BCUT2D eigenvalue weighted by Crippen LogP contribution is 2.23. The van der Waals surface area contributed by atoms with Gasteiger partial charge in [0.1, 0.15) is 5.82 Å². The molecule has 0 fully saturated rings. The highest BCUT2D eigenvalue weighted by molar-refractivity contribution is 7.98. The molecule has 1 N–H and O–H groups in total. The smallest absolute Gasteiger partial charge is 0.169 e. The van der Waals surface area contributed by atoms with Crippen LogP contribution in [0.1, 0.15) is 17.2 Å². The van der Waals surface area contributed by atoms with E-state index in [0.717, 1.165) is 39.9 Å². The Hall–Kier alpha value is -1.75. The SMILES string of the molecule is CSc1nc2ccccc2n1Cc1nc(C)[nH]c1C. The summed E-state index contributed by atoms with van der Waals surface area (Å²) in [6.45, 7) is 4.80. The molecule has 0 radical (unpaired) electrons. The van der Waals surface area contributed by atoms with Crippen LogP contribution in [0.15, 0.2) is 29.4 Å². The second-order valence-corrected chi connectivity index (χ2v) is 5.34. The number of nitrogens with one attached hydrogen (secondary N) is 1. The van der Waals surface area contributed by atoms with E-state index in [4.69, 9.17) is 0 Å². The van der Waals surface area contributed by atoms with Gasteiger partial charge in [0.15, 0.2) is 5.16 Å². The third kappa shape index (κ3) is 2.14. The maximum absolute atomic E-state index is 4.65. The zero-order valence-electron chi connectivity index (χ0n) is 11.3. The normalized spacial score (nSPS) is 11.3. The molecule has 0 aliphatic carbocycles. The molecular formula is C14H16N4S. The number of aromatic nitrogens is 4. The molecule has 1 aromatic carbocycles. The van der Waals surface area contributed by atoms with Crippen LogP contribution in [0, 0.1) is 13.8 Å². The molecule has 0 atom stereocenters. The Kier molecular flexibility index (Phi) is 3.06. The lowest BCUT2D eigenvalue weighted by atomic mass is 10.3. The Morgan fingerprint density at radius 2 is 2.00 bits per heavy atom. The predicted molar refractivity (Wildman–Crippen MR) is 78.7 cm³/mol. The highest BCUT2D eigenvalue weighted by Gasteiger charge is 2.12. The second-order valence-electron chi connectivity index (χ2n) is 4.57. The average Bonchev–Trinajstić information content (AvgIpc) is 2.91. The molecule has 0 amide bonds. The van der Waals surface area contributed by atoms with Gasteiger partial charge in [-0.2, -0.15) is 0 Å². The number of H-pyrrole nitrogens is 1.